The van der Waals surface area contributed by atoms with E-state index in [2.05, 4.69) is 31.3 Å². The molecule has 0 amide bonds. The van der Waals surface area contributed by atoms with Gasteiger partial charge in [-0.05, 0) is 43.3 Å². The predicted octanol–water partition coefficient (Wildman–Crippen LogP) is 0.366. The van der Waals surface area contributed by atoms with Crippen LogP contribution in [0.15, 0.2) is 0 Å². The Labute approximate surface area is 110 Å². The van der Waals surface area contributed by atoms with Gasteiger partial charge in [0.15, 0.2) is 5.11 Å². The molecular formula is C10H17N7S. The maximum atomic E-state index is 5.41. The maximum absolute atomic E-state index is 5.41. The third kappa shape index (κ3) is 2.33. The molecule has 2 aliphatic rings. The smallest absolute Gasteiger partial charge is 0.262 e. The lowest BCUT2D eigenvalue weighted by Crippen LogP contribution is -2.46. The van der Waals surface area contributed by atoms with Crippen molar-refractivity contribution in [2.75, 3.05) is 11.2 Å². The molecule has 1 aromatic heterocycles. The molecule has 2 bridgehead atoms. The van der Waals surface area contributed by atoms with Gasteiger partial charge in [0.2, 0.25) is 5.95 Å². The zero-order valence-corrected chi connectivity index (χ0v) is 10.8. The highest BCUT2D eigenvalue weighted by molar-refractivity contribution is 7.80. The predicted molar refractivity (Wildman–Crippen MR) is 72.5 cm³/mol. The van der Waals surface area contributed by atoms with Gasteiger partial charge in [-0.2, -0.15) is 4.98 Å². The van der Waals surface area contributed by atoms with Crippen LogP contribution in [0.4, 0.5) is 11.9 Å². The number of fused-ring (bicyclic) bond motifs is 2. The van der Waals surface area contributed by atoms with Crippen molar-refractivity contribution >= 4 is 29.2 Å². The zero-order chi connectivity index (χ0) is 12.5. The van der Waals surface area contributed by atoms with Crippen molar-refractivity contribution in [2.24, 2.45) is 11.8 Å². The Morgan fingerprint density at radius 1 is 1.39 bits per heavy atom. The lowest BCUT2D eigenvalue weighted by Gasteiger charge is -2.24. The van der Waals surface area contributed by atoms with Gasteiger partial charge < -0.3 is 11.1 Å². The van der Waals surface area contributed by atoms with Crippen molar-refractivity contribution in [3.8, 4) is 0 Å². The van der Waals surface area contributed by atoms with Gasteiger partial charge in [-0.15, -0.1) is 5.10 Å². The summed E-state index contributed by atoms with van der Waals surface area (Å²) >= 11 is 5.23. The van der Waals surface area contributed by atoms with Crippen molar-refractivity contribution in [1.82, 2.24) is 25.9 Å². The third-order valence-corrected chi connectivity index (χ3v) is 4.07. The molecule has 1 heterocycles. The van der Waals surface area contributed by atoms with Crippen LogP contribution in [0.2, 0.25) is 0 Å². The number of hydrazine groups is 1. The third-order valence-electron chi connectivity index (χ3n) is 3.85. The molecule has 98 valence electrons. The Kier molecular flexibility index (Phi) is 2.94. The molecule has 3 rings (SSSR count). The fraction of sp³-hybridized carbons (Fsp3) is 0.700. The average Bonchev–Trinajstić information content (AvgIpc) is 3.03. The first-order valence-electron chi connectivity index (χ1n) is 6.21. The van der Waals surface area contributed by atoms with Crippen LogP contribution in [0.5, 0.6) is 0 Å². The van der Waals surface area contributed by atoms with E-state index in [0.717, 1.165) is 11.8 Å². The Hall–Kier alpha value is -1.57. The molecule has 18 heavy (non-hydrogen) atoms. The number of H-pyrrole nitrogens is 1. The van der Waals surface area contributed by atoms with Crippen LogP contribution in [0.25, 0.3) is 0 Å². The van der Waals surface area contributed by atoms with Crippen molar-refractivity contribution in [1.29, 1.82) is 0 Å². The van der Waals surface area contributed by atoms with E-state index in [9.17, 15) is 0 Å². The molecule has 2 aliphatic carbocycles. The minimum absolute atomic E-state index is 0.270. The highest BCUT2D eigenvalue weighted by Crippen LogP contribution is 2.44. The second-order valence-electron chi connectivity index (χ2n) is 5.05. The van der Waals surface area contributed by atoms with Crippen LogP contribution in [0.1, 0.15) is 25.7 Å². The second-order valence-corrected chi connectivity index (χ2v) is 5.46. The monoisotopic (exact) mass is 267 g/mol. The molecule has 0 saturated heterocycles. The summed E-state index contributed by atoms with van der Waals surface area (Å²) in [4.78, 5) is 3.90. The van der Waals surface area contributed by atoms with Gasteiger partial charge in [-0.1, -0.05) is 6.42 Å². The first-order valence-corrected chi connectivity index (χ1v) is 6.62. The van der Waals surface area contributed by atoms with Gasteiger partial charge in [0.25, 0.3) is 5.95 Å². The number of nitrogens with one attached hydrogen (secondary N) is 4. The molecule has 1 aromatic rings. The van der Waals surface area contributed by atoms with Crippen LogP contribution >= 0.6 is 12.2 Å². The van der Waals surface area contributed by atoms with Crippen molar-refractivity contribution in [3.63, 3.8) is 0 Å². The molecule has 2 saturated carbocycles. The molecule has 3 unspecified atom stereocenters. The molecule has 7 nitrogen and oxygen atoms in total. The topological polar surface area (TPSA) is 104 Å². The summed E-state index contributed by atoms with van der Waals surface area (Å²) in [6.45, 7) is 0. The van der Waals surface area contributed by atoms with Gasteiger partial charge >= 0.3 is 0 Å². The molecule has 2 fully saturated rings. The molecule has 8 heteroatoms. The number of aromatic nitrogens is 3. The van der Waals surface area contributed by atoms with Crippen LogP contribution in [0, 0.1) is 11.8 Å². The average molecular weight is 267 g/mol. The van der Waals surface area contributed by atoms with E-state index in [4.69, 9.17) is 18.0 Å². The van der Waals surface area contributed by atoms with Crippen LogP contribution in [0.3, 0.4) is 0 Å². The van der Waals surface area contributed by atoms with E-state index in [1.54, 1.807) is 0 Å². The van der Waals surface area contributed by atoms with E-state index in [-0.39, 0.29) is 5.95 Å². The fourth-order valence-corrected chi connectivity index (χ4v) is 3.27. The van der Waals surface area contributed by atoms with E-state index in [1.165, 1.54) is 25.7 Å². The largest absolute Gasteiger partial charge is 0.368 e. The molecule has 0 spiro atoms. The lowest BCUT2D eigenvalue weighted by molar-refractivity contribution is 0.390. The summed E-state index contributed by atoms with van der Waals surface area (Å²) in [5.41, 5.74) is 11.1. The number of rotatable bonds is 3. The number of thiocarbonyl (C=S) groups is 1. The van der Waals surface area contributed by atoms with E-state index in [0.29, 0.717) is 17.1 Å². The molecule has 6 N–H and O–H groups in total. The zero-order valence-electron chi connectivity index (χ0n) is 9.94. The van der Waals surface area contributed by atoms with Crippen molar-refractivity contribution < 1.29 is 0 Å². The SMILES string of the molecule is Nc1nc(NNC(=S)NC2CC3CCC2C3)n[nH]1. The van der Waals surface area contributed by atoms with Crippen LogP contribution in [-0.4, -0.2) is 26.3 Å². The minimum Gasteiger partial charge on any atom is -0.368 e. The summed E-state index contributed by atoms with van der Waals surface area (Å²) in [7, 11) is 0. The van der Waals surface area contributed by atoms with E-state index >= 15 is 0 Å². The molecule has 0 aliphatic heterocycles. The Morgan fingerprint density at radius 3 is 2.89 bits per heavy atom. The fourth-order valence-electron chi connectivity index (χ4n) is 3.07. The van der Waals surface area contributed by atoms with Crippen LogP contribution < -0.4 is 21.9 Å². The first-order chi connectivity index (χ1) is 8.70. The van der Waals surface area contributed by atoms with Gasteiger partial charge in [-0.25, -0.2) is 5.10 Å². The number of anilines is 2. The van der Waals surface area contributed by atoms with Gasteiger partial charge in [0, 0.05) is 6.04 Å². The van der Waals surface area contributed by atoms with E-state index < -0.39 is 0 Å². The number of nitrogen functional groups attached to an aromatic ring is 1. The summed E-state index contributed by atoms with van der Waals surface area (Å²) in [6.07, 6.45) is 5.30. The van der Waals surface area contributed by atoms with E-state index in [1.807, 2.05) is 0 Å². The Morgan fingerprint density at radius 2 is 2.28 bits per heavy atom. The second kappa shape index (κ2) is 4.60. The van der Waals surface area contributed by atoms with Gasteiger partial charge in [-0.3, -0.25) is 10.9 Å². The number of nitrogens with two attached hydrogens (primary N) is 1. The normalized spacial score (nSPS) is 29.2. The lowest BCUT2D eigenvalue weighted by atomic mass is 9.96. The number of hydrogen-bond donors (Lipinski definition) is 5. The van der Waals surface area contributed by atoms with Crippen molar-refractivity contribution in [2.45, 2.75) is 31.7 Å². The molecule has 3 atom stereocenters. The summed E-state index contributed by atoms with van der Waals surface area (Å²) in [5, 5.41) is 10.3. The quantitative estimate of drug-likeness (QED) is 0.398. The summed E-state index contributed by atoms with van der Waals surface area (Å²) in [5.74, 6) is 2.33. The molecular weight excluding hydrogens is 250 g/mol. The maximum Gasteiger partial charge on any atom is 0.262 e. The van der Waals surface area contributed by atoms with Crippen molar-refractivity contribution in [3.05, 3.63) is 0 Å². The number of nitrogens with zero attached hydrogens (tertiary/aromatic N) is 2. The highest BCUT2D eigenvalue weighted by atomic mass is 32.1. The van der Waals surface area contributed by atoms with Gasteiger partial charge in [0.05, 0.1) is 0 Å². The molecule has 0 radical (unpaired) electrons. The number of hydrogen-bond acceptors (Lipinski definition) is 5. The minimum atomic E-state index is 0.270. The summed E-state index contributed by atoms with van der Waals surface area (Å²) < 4.78 is 0. The Bertz CT molecular complexity index is 445. The highest BCUT2D eigenvalue weighted by Gasteiger charge is 2.39. The van der Waals surface area contributed by atoms with Gasteiger partial charge in [0.1, 0.15) is 0 Å². The summed E-state index contributed by atoms with van der Waals surface area (Å²) in [6, 6.07) is 0.516. The standard InChI is InChI=1S/C10H17N7S/c11-8-13-9(15-14-8)16-17-10(18)12-7-4-5-1-2-6(7)3-5/h5-7H,1-4H2,(H2,12,17,18)(H4,11,13,14,15,16). The Balaban J connectivity index is 1.45. The van der Waals surface area contributed by atoms with Crippen LogP contribution in [-0.2, 0) is 0 Å². The first kappa shape index (κ1) is 11.5. The molecule has 0 aromatic carbocycles. The number of aromatic amines is 1.